The van der Waals surface area contributed by atoms with E-state index in [1.54, 1.807) is 19.1 Å². The van der Waals surface area contributed by atoms with Gasteiger partial charge in [-0.25, -0.2) is 9.59 Å². The molecular weight excluding hydrogens is 617 g/mol. The van der Waals surface area contributed by atoms with Crippen LogP contribution in [0.4, 0.5) is 10.5 Å². The second kappa shape index (κ2) is 15.2. The molecule has 0 saturated carbocycles. The topological polar surface area (TPSA) is 174 Å². The fourth-order valence-corrected chi connectivity index (χ4v) is 7.31. The summed E-state index contributed by atoms with van der Waals surface area (Å²) in [5.41, 5.74) is -3.10. The number of nitro groups is 1. The molecule has 14 heteroatoms. The number of carboxylic acid groups (broad SMARTS) is 2. The van der Waals surface area contributed by atoms with E-state index < -0.39 is 68.6 Å². The average molecular weight is 665 g/mol. The summed E-state index contributed by atoms with van der Waals surface area (Å²) in [6.45, 7) is 14.5. The standard InChI is InChI=1S/C31H48N2O10Si2/c1-30(16-9-8-10-24(15-17-30)42-29(39)43-25-13-11-23(12-14-25)33(40)41)27(36)32(19-21-45(5,6)7)31(28(37)38,22-26(34)35)18-20-44(2,3)4/h8,10-14,24H,9,15-22H2,1-7H3,(H,34,35)(H,37,38)/b10-8+/t24-,30+,31-/m0/s1. The molecule has 2 N–H and O–H groups in total. The quantitative estimate of drug-likeness (QED) is 0.0537. The van der Waals surface area contributed by atoms with Gasteiger partial charge in [-0.3, -0.25) is 19.7 Å². The van der Waals surface area contributed by atoms with Gasteiger partial charge in [0.15, 0.2) is 5.54 Å². The van der Waals surface area contributed by atoms with E-state index in [0.717, 1.165) is 0 Å². The lowest BCUT2D eigenvalue weighted by molar-refractivity contribution is -0.384. The van der Waals surface area contributed by atoms with Crippen molar-refractivity contribution in [2.75, 3.05) is 6.54 Å². The number of ether oxygens (including phenoxy) is 2. The van der Waals surface area contributed by atoms with E-state index in [1.165, 1.54) is 29.2 Å². The maximum atomic E-state index is 14.6. The minimum absolute atomic E-state index is 0.0536. The van der Waals surface area contributed by atoms with Gasteiger partial charge < -0.3 is 24.6 Å². The first-order valence-electron chi connectivity index (χ1n) is 15.2. The van der Waals surface area contributed by atoms with Crippen LogP contribution in [0.1, 0.15) is 45.4 Å². The molecule has 0 aliphatic heterocycles. The summed E-state index contributed by atoms with van der Waals surface area (Å²) in [6.07, 6.45) is 2.47. The number of carbonyl (C=O) groups is 4. The third-order valence-electron chi connectivity index (χ3n) is 8.18. The number of aliphatic carboxylic acids is 2. The fraction of sp³-hybridized carbons (Fsp3) is 0.613. The first kappa shape index (κ1) is 37.7. The van der Waals surface area contributed by atoms with Crippen LogP contribution in [0.5, 0.6) is 5.75 Å². The molecule has 0 bridgehead atoms. The minimum atomic E-state index is -1.89. The van der Waals surface area contributed by atoms with Gasteiger partial charge in [0.2, 0.25) is 5.91 Å². The number of hydrogen-bond donors (Lipinski definition) is 2. The lowest BCUT2D eigenvalue weighted by Gasteiger charge is -2.46. The second-order valence-corrected chi connectivity index (χ2v) is 25.8. The van der Waals surface area contributed by atoms with Crippen LogP contribution in [0.15, 0.2) is 36.4 Å². The molecule has 1 aliphatic carbocycles. The number of hydrogen-bond acceptors (Lipinski definition) is 8. The zero-order chi connectivity index (χ0) is 34.2. The van der Waals surface area contributed by atoms with Crippen LogP contribution in [0.25, 0.3) is 0 Å². The highest BCUT2D eigenvalue weighted by molar-refractivity contribution is 6.76. The van der Waals surface area contributed by atoms with Gasteiger partial charge in [0.25, 0.3) is 5.69 Å². The Kier molecular flexibility index (Phi) is 12.7. The van der Waals surface area contributed by atoms with Crippen LogP contribution in [0, 0.1) is 15.5 Å². The molecule has 12 nitrogen and oxygen atoms in total. The highest BCUT2D eigenvalue weighted by atomic mass is 28.3. The first-order valence-corrected chi connectivity index (χ1v) is 22.7. The van der Waals surface area contributed by atoms with E-state index in [1.807, 2.05) is 0 Å². The van der Waals surface area contributed by atoms with E-state index >= 15 is 0 Å². The summed E-state index contributed by atoms with van der Waals surface area (Å²) in [7, 11) is -3.61. The smallest absolute Gasteiger partial charge is 0.481 e. The minimum Gasteiger partial charge on any atom is -0.481 e. The zero-order valence-electron chi connectivity index (χ0n) is 27.5. The van der Waals surface area contributed by atoms with Gasteiger partial charge >= 0.3 is 18.1 Å². The Morgan fingerprint density at radius 2 is 1.62 bits per heavy atom. The number of benzene rings is 1. The number of carboxylic acids is 2. The molecule has 1 aromatic rings. The third kappa shape index (κ3) is 11.4. The van der Waals surface area contributed by atoms with E-state index in [-0.39, 0.29) is 37.2 Å². The summed E-state index contributed by atoms with van der Waals surface area (Å²) < 4.78 is 10.7. The summed E-state index contributed by atoms with van der Waals surface area (Å²) in [5.74, 6) is -2.91. The molecule has 0 heterocycles. The molecular formula is C31H48N2O10Si2. The fourth-order valence-electron chi connectivity index (χ4n) is 5.26. The van der Waals surface area contributed by atoms with Crippen LogP contribution in [0.2, 0.25) is 51.4 Å². The number of amides is 1. The molecule has 250 valence electrons. The predicted octanol–water partition coefficient (Wildman–Crippen LogP) is 6.81. The van der Waals surface area contributed by atoms with Crippen molar-refractivity contribution in [3.05, 3.63) is 46.5 Å². The van der Waals surface area contributed by atoms with E-state index in [0.29, 0.717) is 24.9 Å². The second-order valence-electron chi connectivity index (χ2n) is 14.6. The van der Waals surface area contributed by atoms with Gasteiger partial charge in [-0.1, -0.05) is 58.3 Å². The van der Waals surface area contributed by atoms with E-state index in [9.17, 15) is 39.5 Å². The number of rotatable bonds is 14. The molecule has 0 fully saturated rings. The molecule has 1 aliphatic rings. The van der Waals surface area contributed by atoms with Crippen LogP contribution in [0.3, 0.4) is 0 Å². The molecule has 0 unspecified atom stereocenters. The Bertz CT molecular complexity index is 1270. The Morgan fingerprint density at radius 1 is 1.02 bits per heavy atom. The van der Waals surface area contributed by atoms with Gasteiger partial charge in [-0.15, -0.1) is 0 Å². The number of non-ortho nitro benzene ring substituents is 1. The Balaban J connectivity index is 2.36. The highest BCUT2D eigenvalue weighted by Crippen LogP contribution is 2.40. The molecule has 2 rings (SSSR count). The summed E-state index contributed by atoms with van der Waals surface area (Å²) in [4.78, 5) is 64.1. The Hall–Kier alpha value is -3.53. The van der Waals surface area contributed by atoms with Crippen molar-refractivity contribution in [2.24, 2.45) is 5.41 Å². The lowest BCUT2D eigenvalue weighted by Crippen LogP contribution is -2.62. The van der Waals surface area contributed by atoms with Crippen LogP contribution >= 0.6 is 0 Å². The van der Waals surface area contributed by atoms with Crippen molar-refractivity contribution in [1.29, 1.82) is 0 Å². The van der Waals surface area contributed by atoms with Crippen LogP contribution < -0.4 is 4.74 Å². The van der Waals surface area contributed by atoms with Gasteiger partial charge in [0, 0.05) is 40.2 Å². The first-order chi connectivity index (χ1) is 20.7. The van der Waals surface area contributed by atoms with Gasteiger partial charge in [-0.2, -0.15) is 0 Å². The average Bonchev–Trinajstić information content (AvgIpc) is 2.90. The lowest BCUT2D eigenvalue weighted by atomic mass is 9.76. The highest BCUT2D eigenvalue weighted by Gasteiger charge is 2.52. The van der Waals surface area contributed by atoms with E-state index in [4.69, 9.17) is 9.47 Å². The van der Waals surface area contributed by atoms with Crippen molar-refractivity contribution in [3.63, 3.8) is 0 Å². The molecule has 0 radical (unpaired) electrons. The Morgan fingerprint density at radius 3 is 2.13 bits per heavy atom. The molecule has 1 aromatic carbocycles. The largest absolute Gasteiger partial charge is 0.514 e. The van der Waals surface area contributed by atoms with Crippen molar-refractivity contribution < 1.29 is 43.8 Å². The molecule has 45 heavy (non-hydrogen) atoms. The van der Waals surface area contributed by atoms with Crippen LogP contribution in [-0.4, -0.2) is 78.4 Å². The third-order valence-corrected chi connectivity index (χ3v) is 11.7. The van der Waals surface area contributed by atoms with Gasteiger partial charge in [0.05, 0.1) is 11.3 Å². The van der Waals surface area contributed by atoms with Gasteiger partial charge in [-0.05, 0) is 56.4 Å². The number of nitrogens with zero attached hydrogens (tertiary/aromatic N) is 2. The number of carbonyl (C=O) groups excluding carboxylic acids is 2. The van der Waals surface area contributed by atoms with Crippen molar-refractivity contribution in [1.82, 2.24) is 4.90 Å². The molecule has 1 amide bonds. The summed E-state index contributed by atoms with van der Waals surface area (Å²) in [6, 6.07) is 6.12. The monoisotopic (exact) mass is 664 g/mol. The maximum Gasteiger partial charge on any atom is 0.514 e. The molecule has 0 aromatic heterocycles. The van der Waals surface area contributed by atoms with Crippen molar-refractivity contribution in [2.45, 2.75) is 108 Å². The van der Waals surface area contributed by atoms with Crippen LogP contribution in [-0.2, 0) is 19.1 Å². The number of nitro benzene ring substituents is 1. The number of allylic oxidation sites excluding steroid dienone is 1. The van der Waals surface area contributed by atoms with Crippen molar-refractivity contribution in [3.8, 4) is 5.75 Å². The van der Waals surface area contributed by atoms with Crippen molar-refractivity contribution >= 4 is 45.8 Å². The molecule has 0 saturated heterocycles. The zero-order valence-corrected chi connectivity index (χ0v) is 29.5. The SMILES string of the molecule is C[C@@]1(C(=O)N(CC[Si](C)(C)C)[C@@](CC[Si](C)(C)C)(CC(=O)O)C(=O)O)CC/C=C/[C@H](OC(=O)Oc2ccc([N+](=O)[O-])cc2)CC1. The molecule has 0 spiro atoms. The summed E-state index contributed by atoms with van der Waals surface area (Å²) >= 11 is 0. The Labute approximate surface area is 266 Å². The summed E-state index contributed by atoms with van der Waals surface area (Å²) in [5, 5.41) is 31.5. The maximum absolute atomic E-state index is 14.6. The predicted molar refractivity (Wildman–Crippen MR) is 175 cm³/mol. The normalized spacial score (nSPS) is 20.9. The van der Waals surface area contributed by atoms with E-state index in [2.05, 4.69) is 39.3 Å². The van der Waals surface area contributed by atoms with Gasteiger partial charge in [0.1, 0.15) is 11.9 Å². The molecule has 3 atom stereocenters.